The predicted octanol–water partition coefficient (Wildman–Crippen LogP) is 3.64. The van der Waals surface area contributed by atoms with Crippen LogP contribution in [-0.2, 0) is 16.4 Å². The van der Waals surface area contributed by atoms with Gasteiger partial charge in [-0.1, -0.05) is 18.2 Å². The molecule has 1 N–H and O–H groups in total. The summed E-state index contributed by atoms with van der Waals surface area (Å²) in [4.78, 5) is 2.10. The number of ether oxygens (including phenoxy) is 2. The van der Waals surface area contributed by atoms with Crippen molar-refractivity contribution < 1.29 is 17.9 Å². The molecule has 0 unspecified atom stereocenters. The van der Waals surface area contributed by atoms with E-state index in [1.165, 1.54) is 0 Å². The van der Waals surface area contributed by atoms with Gasteiger partial charge in [0.15, 0.2) is 11.5 Å². The number of benzene rings is 2. The fourth-order valence-corrected chi connectivity index (χ4v) is 3.07. The minimum Gasteiger partial charge on any atom is -0.493 e. The molecule has 0 spiro atoms. The third-order valence-electron chi connectivity index (χ3n) is 3.94. The summed E-state index contributed by atoms with van der Waals surface area (Å²) in [6, 6.07) is 13.2. The summed E-state index contributed by atoms with van der Waals surface area (Å²) in [5.41, 5.74) is 2.74. The van der Waals surface area contributed by atoms with Crippen LogP contribution in [0.4, 0.5) is 5.69 Å². The Hall–Kier alpha value is -2.38. The molecule has 2 rings (SSSR count). The van der Waals surface area contributed by atoms with Crippen molar-refractivity contribution in [1.82, 2.24) is 4.90 Å². The first-order chi connectivity index (χ1) is 12.8. The minimum absolute atomic E-state index is 0. The van der Waals surface area contributed by atoms with Crippen LogP contribution in [0.5, 0.6) is 11.5 Å². The van der Waals surface area contributed by atoms with Gasteiger partial charge in [-0.3, -0.25) is 4.72 Å². The monoisotopic (exact) mass is 426 g/mol. The van der Waals surface area contributed by atoms with Crippen molar-refractivity contribution in [3.05, 3.63) is 59.8 Å². The first kappa shape index (κ1) is 23.7. The Morgan fingerprint density at radius 2 is 1.68 bits per heavy atom. The van der Waals surface area contributed by atoms with Crippen LogP contribution in [-0.4, -0.2) is 47.4 Å². The maximum absolute atomic E-state index is 11.2. The third kappa shape index (κ3) is 7.70. The average Bonchev–Trinajstić information content (AvgIpc) is 2.64. The highest BCUT2D eigenvalue weighted by molar-refractivity contribution is 7.92. The van der Waals surface area contributed by atoms with Gasteiger partial charge in [-0.25, -0.2) is 8.42 Å². The Kier molecular flexibility index (Phi) is 9.15. The number of methoxy groups -OCH3 is 2. The Balaban J connectivity index is 0.00000392. The van der Waals surface area contributed by atoms with Crippen molar-refractivity contribution in [3.8, 4) is 11.5 Å². The molecule has 2 aromatic carbocycles. The number of nitrogens with zero attached hydrogens (tertiary/aromatic N) is 1. The van der Waals surface area contributed by atoms with E-state index < -0.39 is 10.0 Å². The predicted molar refractivity (Wildman–Crippen MR) is 117 cm³/mol. The Bertz CT molecular complexity index is 884. The Morgan fingerprint density at radius 1 is 1.04 bits per heavy atom. The summed E-state index contributed by atoms with van der Waals surface area (Å²) in [5.74, 6) is 1.40. The maximum Gasteiger partial charge on any atom is 0.229 e. The third-order valence-corrected chi connectivity index (χ3v) is 4.55. The lowest BCUT2D eigenvalue weighted by atomic mass is 10.1. The first-order valence-electron chi connectivity index (χ1n) is 8.48. The molecule has 0 fully saturated rings. The van der Waals surface area contributed by atoms with Crippen LogP contribution in [0.3, 0.4) is 0 Å². The topological polar surface area (TPSA) is 67.9 Å². The van der Waals surface area contributed by atoms with Crippen molar-refractivity contribution in [3.63, 3.8) is 0 Å². The highest BCUT2D eigenvalue weighted by Gasteiger charge is 2.04. The van der Waals surface area contributed by atoms with Gasteiger partial charge in [0, 0.05) is 19.3 Å². The molecule has 0 atom stereocenters. The molecule has 0 aliphatic carbocycles. The average molecular weight is 427 g/mol. The summed E-state index contributed by atoms with van der Waals surface area (Å²) in [6.45, 7) is 0.836. The Morgan fingerprint density at radius 3 is 2.25 bits per heavy atom. The number of rotatable bonds is 9. The van der Waals surface area contributed by atoms with E-state index in [4.69, 9.17) is 9.47 Å². The molecular formula is C20H27ClN2O4S. The highest BCUT2D eigenvalue weighted by atomic mass is 35.5. The largest absolute Gasteiger partial charge is 0.493 e. The molecule has 0 aliphatic rings. The van der Waals surface area contributed by atoms with E-state index in [0.717, 1.165) is 30.3 Å². The van der Waals surface area contributed by atoms with E-state index in [9.17, 15) is 8.42 Å². The minimum atomic E-state index is -3.24. The summed E-state index contributed by atoms with van der Waals surface area (Å²) in [7, 11) is 2.00. The van der Waals surface area contributed by atoms with Crippen molar-refractivity contribution in [2.45, 2.75) is 6.42 Å². The van der Waals surface area contributed by atoms with E-state index >= 15 is 0 Å². The van der Waals surface area contributed by atoms with Crippen LogP contribution in [0.2, 0.25) is 0 Å². The van der Waals surface area contributed by atoms with Crippen molar-refractivity contribution in [2.75, 3.05) is 38.8 Å². The van der Waals surface area contributed by atoms with Gasteiger partial charge in [0.05, 0.1) is 20.5 Å². The zero-order chi connectivity index (χ0) is 19.9. The van der Waals surface area contributed by atoms with Crippen molar-refractivity contribution in [2.24, 2.45) is 0 Å². The molecule has 0 heterocycles. The fourth-order valence-electron chi connectivity index (χ4n) is 2.50. The summed E-state index contributed by atoms with van der Waals surface area (Å²) < 4.78 is 35.5. The van der Waals surface area contributed by atoms with Gasteiger partial charge in [0.25, 0.3) is 0 Å². The van der Waals surface area contributed by atoms with Gasteiger partial charge < -0.3 is 14.4 Å². The van der Waals surface area contributed by atoms with E-state index in [1.54, 1.807) is 26.4 Å². The molecule has 28 heavy (non-hydrogen) atoms. The normalized spacial score (nSPS) is 11.0. The molecule has 0 aliphatic heterocycles. The van der Waals surface area contributed by atoms with Crippen LogP contribution in [0, 0.1) is 0 Å². The Labute approximate surface area is 173 Å². The molecule has 154 valence electrons. The van der Waals surface area contributed by atoms with E-state index in [2.05, 4.69) is 9.62 Å². The number of anilines is 1. The molecule has 0 aromatic heterocycles. The molecule has 6 nitrogen and oxygen atoms in total. The van der Waals surface area contributed by atoms with E-state index in [1.807, 2.05) is 49.7 Å². The zero-order valence-corrected chi connectivity index (χ0v) is 18.1. The number of nitrogens with one attached hydrogen (secondary N) is 1. The smallest absolute Gasteiger partial charge is 0.229 e. The molecule has 0 saturated heterocycles. The van der Waals surface area contributed by atoms with Crippen LogP contribution < -0.4 is 14.2 Å². The van der Waals surface area contributed by atoms with Crippen LogP contribution in [0.1, 0.15) is 11.1 Å². The van der Waals surface area contributed by atoms with Gasteiger partial charge in [-0.15, -0.1) is 12.4 Å². The fraction of sp³-hybridized carbons (Fsp3) is 0.300. The zero-order valence-electron chi connectivity index (χ0n) is 16.5. The van der Waals surface area contributed by atoms with Gasteiger partial charge in [-0.05, 0) is 54.1 Å². The van der Waals surface area contributed by atoms with Crippen LogP contribution >= 0.6 is 12.4 Å². The summed E-state index contributed by atoms with van der Waals surface area (Å²) >= 11 is 0. The molecular weight excluding hydrogens is 400 g/mol. The lowest BCUT2D eigenvalue weighted by Gasteiger charge is -2.14. The summed E-state index contributed by atoms with van der Waals surface area (Å²) in [5, 5.41) is 0. The van der Waals surface area contributed by atoms with Crippen molar-refractivity contribution >= 4 is 34.2 Å². The lowest BCUT2D eigenvalue weighted by Crippen LogP contribution is -2.14. The second-order valence-electron chi connectivity index (χ2n) is 6.23. The number of likely N-dealkylation sites (N-methyl/N-ethyl adjacent to an activating group) is 1. The molecule has 0 bridgehead atoms. The molecule has 8 heteroatoms. The quantitative estimate of drug-likeness (QED) is 0.663. The molecule has 0 amide bonds. The second kappa shape index (κ2) is 10.8. The number of sulfonamides is 1. The van der Waals surface area contributed by atoms with Gasteiger partial charge >= 0.3 is 0 Å². The van der Waals surface area contributed by atoms with Gasteiger partial charge in [0.1, 0.15) is 0 Å². The van der Waals surface area contributed by atoms with Gasteiger partial charge in [0.2, 0.25) is 10.0 Å². The number of halogens is 1. The van der Waals surface area contributed by atoms with Crippen LogP contribution in [0.25, 0.3) is 6.08 Å². The lowest BCUT2D eigenvalue weighted by molar-refractivity contribution is 0.355. The molecule has 0 saturated carbocycles. The SMILES string of the molecule is COc1ccc(C=CN(C)CCc2ccc(NS(C)(=O)=O)cc2)cc1OC.Cl. The van der Waals surface area contributed by atoms with Crippen LogP contribution in [0.15, 0.2) is 48.7 Å². The van der Waals surface area contributed by atoms with Crippen molar-refractivity contribution in [1.29, 1.82) is 0 Å². The second-order valence-corrected chi connectivity index (χ2v) is 7.98. The van der Waals surface area contributed by atoms with E-state index in [0.29, 0.717) is 17.2 Å². The molecule has 0 radical (unpaired) electrons. The van der Waals surface area contributed by atoms with Gasteiger partial charge in [-0.2, -0.15) is 0 Å². The van der Waals surface area contributed by atoms with E-state index in [-0.39, 0.29) is 12.4 Å². The standard InChI is InChI=1S/C20H26N2O4S.ClH/c1-22(14-12-17-7-10-19(25-2)20(15-17)26-3)13-11-16-5-8-18(9-6-16)21-27(4,23)24;/h5-10,12,14-15,21H,11,13H2,1-4H3;1H. The molecule has 2 aromatic rings. The number of hydrogen-bond acceptors (Lipinski definition) is 5. The highest BCUT2D eigenvalue weighted by Crippen LogP contribution is 2.28. The first-order valence-corrected chi connectivity index (χ1v) is 10.4. The maximum atomic E-state index is 11.2. The summed E-state index contributed by atoms with van der Waals surface area (Å²) in [6.07, 6.45) is 6.02. The number of hydrogen-bond donors (Lipinski definition) is 1.